The van der Waals surface area contributed by atoms with Crippen LogP contribution < -0.4 is 14.9 Å². The number of methoxy groups -OCH3 is 1. The maximum absolute atomic E-state index is 11.9. The lowest BCUT2D eigenvalue weighted by Crippen LogP contribution is -2.27. The first-order chi connectivity index (χ1) is 12.2. The van der Waals surface area contributed by atoms with E-state index < -0.39 is 0 Å². The van der Waals surface area contributed by atoms with Crippen LogP contribution in [0.4, 0.5) is 0 Å². The fourth-order valence-corrected chi connectivity index (χ4v) is 2.85. The van der Waals surface area contributed by atoms with Crippen molar-refractivity contribution in [2.75, 3.05) is 13.7 Å². The highest BCUT2D eigenvalue weighted by Gasteiger charge is 2.16. The predicted octanol–water partition coefficient (Wildman–Crippen LogP) is 3.58. The number of rotatable bonds is 5. The summed E-state index contributed by atoms with van der Waals surface area (Å²) in [5.41, 5.74) is 5.70. The molecule has 0 aliphatic heterocycles. The third-order valence-electron chi connectivity index (χ3n) is 3.98. The van der Waals surface area contributed by atoms with Gasteiger partial charge >= 0.3 is 0 Å². The Labute approximate surface area is 151 Å². The molecule has 1 amide bonds. The predicted molar refractivity (Wildman–Crippen MR) is 97.6 cm³/mol. The van der Waals surface area contributed by atoms with Gasteiger partial charge in [0.25, 0.3) is 5.91 Å². The number of hydrogen-bond donors (Lipinski definition) is 1. The second kappa shape index (κ2) is 8.03. The average molecular weight is 359 g/mol. The summed E-state index contributed by atoms with van der Waals surface area (Å²) in [5, 5.41) is 4.90. The summed E-state index contributed by atoms with van der Waals surface area (Å²) >= 11 is 5.81. The molecule has 0 aromatic heterocycles. The highest BCUT2D eigenvalue weighted by molar-refractivity contribution is 6.30. The second-order valence-electron chi connectivity index (χ2n) is 5.71. The largest absolute Gasteiger partial charge is 0.497 e. The molecule has 1 N–H and O–H groups in total. The number of fused-ring (bicyclic) bond motifs is 1. The topological polar surface area (TPSA) is 59.9 Å². The number of ether oxygens (including phenoxy) is 2. The molecular formula is C19H19ClN2O3. The normalized spacial score (nSPS) is 14.7. The lowest BCUT2D eigenvalue weighted by atomic mass is 9.90. The molecule has 2 aromatic rings. The molecule has 0 atom stereocenters. The molecule has 6 heteroatoms. The molecule has 2 aromatic carbocycles. The van der Waals surface area contributed by atoms with E-state index in [2.05, 4.69) is 10.5 Å². The Kier molecular flexibility index (Phi) is 5.56. The van der Waals surface area contributed by atoms with E-state index in [-0.39, 0.29) is 12.5 Å². The molecule has 5 nitrogen and oxygen atoms in total. The van der Waals surface area contributed by atoms with Crippen molar-refractivity contribution in [3.8, 4) is 11.5 Å². The molecule has 0 bridgehead atoms. The van der Waals surface area contributed by atoms with E-state index in [4.69, 9.17) is 21.1 Å². The number of benzene rings is 2. The van der Waals surface area contributed by atoms with Crippen molar-refractivity contribution in [3.63, 3.8) is 0 Å². The Morgan fingerprint density at radius 3 is 2.68 bits per heavy atom. The van der Waals surface area contributed by atoms with E-state index in [1.807, 2.05) is 18.2 Å². The molecule has 0 fully saturated rings. The third kappa shape index (κ3) is 4.51. The minimum absolute atomic E-state index is 0.103. The molecule has 0 saturated heterocycles. The first-order valence-corrected chi connectivity index (χ1v) is 8.44. The lowest BCUT2D eigenvalue weighted by Gasteiger charge is -2.18. The van der Waals surface area contributed by atoms with Crippen LogP contribution in [0.1, 0.15) is 24.0 Å². The van der Waals surface area contributed by atoms with E-state index in [1.54, 1.807) is 31.4 Å². The smallest absolute Gasteiger partial charge is 0.277 e. The number of hydrazone groups is 1. The van der Waals surface area contributed by atoms with Gasteiger partial charge in [-0.15, -0.1) is 0 Å². The Morgan fingerprint density at radius 2 is 1.92 bits per heavy atom. The van der Waals surface area contributed by atoms with Gasteiger partial charge in [0, 0.05) is 10.6 Å². The number of aryl methyl sites for hydroxylation is 1. The Morgan fingerprint density at radius 1 is 1.16 bits per heavy atom. The van der Waals surface area contributed by atoms with Crippen molar-refractivity contribution >= 4 is 23.2 Å². The fraction of sp³-hybridized carbons (Fsp3) is 0.263. The highest BCUT2D eigenvalue weighted by atomic mass is 35.5. The monoisotopic (exact) mass is 358 g/mol. The van der Waals surface area contributed by atoms with Gasteiger partial charge in [-0.3, -0.25) is 4.79 Å². The van der Waals surface area contributed by atoms with Crippen molar-refractivity contribution in [1.82, 2.24) is 5.43 Å². The van der Waals surface area contributed by atoms with Crippen molar-refractivity contribution in [2.24, 2.45) is 5.10 Å². The molecule has 1 aliphatic carbocycles. The summed E-state index contributed by atoms with van der Waals surface area (Å²) in [6.07, 6.45) is 2.81. The van der Waals surface area contributed by atoms with Crippen LogP contribution in [0.15, 0.2) is 47.6 Å². The average Bonchev–Trinajstić information content (AvgIpc) is 2.65. The molecule has 0 unspecified atom stereocenters. The van der Waals surface area contributed by atoms with Crippen LogP contribution in [0.2, 0.25) is 5.02 Å². The number of hydrogen-bond acceptors (Lipinski definition) is 4. The Bertz CT molecular complexity index is 788. The summed E-state index contributed by atoms with van der Waals surface area (Å²) in [4.78, 5) is 11.9. The maximum atomic E-state index is 11.9. The first kappa shape index (κ1) is 17.3. The number of nitrogens with zero attached hydrogens (tertiary/aromatic N) is 1. The van der Waals surface area contributed by atoms with E-state index in [1.165, 1.54) is 5.56 Å². The molecule has 1 aliphatic rings. The molecule has 130 valence electrons. The van der Waals surface area contributed by atoms with Crippen LogP contribution in [0, 0.1) is 0 Å². The third-order valence-corrected chi connectivity index (χ3v) is 4.23. The van der Waals surface area contributed by atoms with Crippen LogP contribution >= 0.6 is 11.6 Å². The molecule has 0 spiro atoms. The van der Waals surface area contributed by atoms with Crippen LogP contribution in [-0.2, 0) is 11.2 Å². The number of carbonyl (C=O) groups excluding carboxylic acids is 1. The molecule has 0 saturated carbocycles. The molecule has 3 rings (SSSR count). The Hall–Kier alpha value is -2.53. The minimum Gasteiger partial charge on any atom is -0.497 e. The van der Waals surface area contributed by atoms with E-state index in [0.717, 1.165) is 36.3 Å². The molecule has 25 heavy (non-hydrogen) atoms. The van der Waals surface area contributed by atoms with Gasteiger partial charge in [-0.2, -0.15) is 5.10 Å². The van der Waals surface area contributed by atoms with Crippen molar-refractivity contribution in [1.29, 1.82) is 0 Å². The van der Waals surface area contributed by atoms with Gasteiger partial charge in [0.2, 0.25) is 0 Å². The maximum Gasteiger partial charge on any atom is 0.277 e. The van der Waals surface area contributed by atoms with E-state index >= 15 is 0 Å². The quantitative estimate of drug-likeness (QED) is 0.831. The zero-order chi connectivity index (χ0) is 17.6. The van der Waals surface area contributed by atoms with Crippen molar-refractivity contribution in [3.05, 3.63) is 58.6 Å². The standard InChI is InChI=1S/C19H19ClN2O3/c1-24-16-9-10-17-13(11-16)3-2-4-18(17)21-22-19(23)12-25-15-7-5-14(20)6-8-15/h5-11H,2-4,12H2,1H3,(H,22,23). The molecule has 0 radical (unpaired) electrons. The number of carbonyl (C=O) groups is 1. The van der Waals surface area contributed by atoms with Crippen LogP contribution in [0.5, 0.6) is 11.5 Å². The van der Waals surface area contributed by atoms with Gasteiger partial charge < -0.3 is 9.47 Å². The van der Waals surface area contributed by atoms with E-state index in [9.17, 15) is 4.79 Å². The fourth-order valence-electron chi connectivity index (χ4n) is 2.72. The minimum atomic E-state index is -0.303. The van der Waals surface area contributed by atoms with Gasteiger partial charge in [0.1, 0.15) is 11.5 Å². The number of nitrogens with one attached hydrogen (secondary N) is 1. The zero-order valence-electron chi connectivity index (χ0n) is 13.9. The summed E-state index contributed by atoms with van der Waals surface area (Å²) in [7, 11) is 1.65. The lowest BCUT2D eigenvalue weighted by molar-refractivity contribution is -0.123. The zero-order valence-corrected chi connectivity index (χ0v) is 14.7. The highest BCUT2D eigenvalue weighted by Crippen LogP contribution is 2.25. The van der Waals surface area contributed by atoms with Gasteiger partial charge in [-0.05, 0) is 67.3 Å². The van der Waals surface area contributed by atoms with Crippen LogP contribution in [0.3, 0.4) is 0 Å². The van der Waals surface area contributed by atoms with Crippen LogP contribution in [-0.4, -0.2) is 25.3 Å². The molecular weight excluding hydrogens is 340 g/mol. The van der Waals surface area contributed by atoms with Gasteiger partial charge in [-0.25, -0.2) is 5.43 Å². The number of amides is 1. The SMILES string of the molecule is COc1ccc2c(c1)CCCC2=NNC(=O)COc1ccc(Cl)cc1. The van der Waals surface area contributed by atoms with Crippen molar-refractivity contribution in [2.45, 2.75) is 19.3 Å². The first-order valence-electron chi connectivity index (χ1n) is 8.07. The summed E-state index contributed by atoms with van der Waals surface area (Å²) in [6, 6.07) is 12.8. The Balaban J connectivity index is 1.60. The molecule has 0 heterocycles. The van der Waals surface area contributed by atoms with Gasteiger partial charge in [0.15, 0.2) is 6.61 Å². The summed E-state index contributed by atoms with van der Waals surface area (Å²) < 4.78 is 10.7. The van der Waals surface area contributed by atoms with Crippen molar-refractivity contribution < 1.29 is 14.3 Å². The van der Waals surface area contributed by atoms with E-state index in [0.29, 0.717) is 10.8 Å². The van der Waals surface area contributed by atoms with Gasteiger partial charge in [-0.1, -0.05) is 11.6 Å². The summed E-state index contributed by atoms with van der Waals surface area (Å²) in [6.45, 7) is -0.103. The second-order valence-corrected chi connectivity index (χ2v) is 6.15. The van der Waals surface area contributed by atoms with Gasteiger partial charge in [0.05, 0.1) is 12.8 Å². The summed E-state index contributed by atoms with van der Waals surface area (Å²) in [5.74, 6) is 1.12. The number of halogens is 1. The van der Waals surface area contributed by atoms with Crippen LogP contribution in [0.25, 0.3) is 0 Å².